The second kappa shape index (κ2) is 6.83. The lowest BCUT2D eigenvalue weighted by Gasteiger charge is -2.11. The average molecular weight is 411 g/mol. The van der Waals surface area contributed by atoms with Gasteiger partial charge >= 0.3 is 5.69 Å². The lowest BCUT2D eigenvalue weighted by Crippen LogP contribution is -1.96. The number of hydrogen-bond donors (Lipinski definition) is 0. The Hall–Kier alpha value is -1.01. The molecular formula is C13H7BrCl3NO3. The minimum Gasteiger partial charge on any atom is -0.450 e. The minimum atomic E-state index is -0.587. The quantitative estimate of drug-likeness (QED) is 0.342. The standard InChI is InChI=1S/C13H7BrCl3NO3/c14-8-1-2-12(7(3-8)6-15)21-13-5-10(17)9(16)4-11(13)18(19)20/h1-5H,6H2. The lowest BCUT2D eigenvalue weighted by atomic mass is 10.2. The third kappa shape index (κ3) is 3.80. The Morgan fingerprint density at radius 3 is 2.43 bits per heavy atom. The predicted molar refractivity (Wildman–Crippen MR) is 86.9 cm³/mol. The Bertz CT molecular complexity index is 709. The fourth-order valence-electron chi connectivity index (χ4n) is 1.61. The molecule has 0 aliphatic carbocycles. The highest BCUT2D eigenvalue weighted by molar-refractivity contribution is 9.10. The summed E-state index contributed by atoms with van der Waals surface area (Å²) in [6.45, 7) is 0. The number of ether oxygens (including phenoxy) is 1. The molecule has 0 saturated heterocycles. The van der Waals surface area contributed by atoms with Crippen molar-refractivity contribution < 1.29 is 9.66 Å². The first-order valence-corrected chi connectivity index (χ1v) is 7.66. The van der Waals surface area contributed by atoms with Crippen molar-refractivity contribution in [1.29, 1.82) is 0 Å². The topological polar surface area (TPSA) is 52.4 Å². The highest BCUT2D eigenvalue weighted by Gasteiger charge is 2.20. The maximum atomic E-state index is 11.1. The van der Waals surface area contributed by atoms with Gasteiger partial charge in [-0.15, -0.1) is 11.6 Å². The fourth-order valence-corrected chi connectivity index (χ4v) is 2.54. The van der Waals surface area contributed by atoms with E-state index in [0.29, 0.717) is 11.3 Å². The van der Waals surface area contributed by atoms with E-state index in [1.54, 1.807) is 18.2 Å². The summed E-state index contributed by atoms with van der Waals surface area (Å²) in [5.41, 5.74) is 0.416. The first-order chi connectivity index (χ1) is 9.92. The highest BCUT2D eigenvalue weighted by atomic mass is 79.9. The van der Waals surface area contributed by atoms with E-state index in [1.165, 1.54) is 6.07 Å². The average Bonchev–Trinajstić information content (AvgIpc) is 2.44. The smallest absolute Gasteiger partial charge is 0.313 e. The molecule has 0 radical (unpaired) electrons. The molecule has 0 saturated carbocycles. The number of nitro groups is 1. The van der Waals surface area contributed by atoms with Crippen molar-refractivity contribution in [2.45, 2.75) is 5.88 Å². The van der Waals surface area contributed by atoms with Crippen LogP contribution >= 0.6 is 50.7 Å². The molecule has 0 heterocycles. The van der Waals surface area contributed by atoms with E-state index >= 15 is 0 Å². The molecular weight excluding hydrogens is 404 g/mol. The molecule has 0 unspecified atom stereocenters. The summed E-state index contributed by atoms with van der Waals surface area (Å²) < 4.78 is 6.42. The summed E-state index contributed by atoms with van der Waals surface area (Å²) in [6.07, 6.45) is 0. The van der Waals surface area contributed by atoms with Gasteiger partial charge in [0.05, 0.1) is 20.8 Å². The van der Waals surface area contributed by atoms with Gasteiger partial charge < -0.3 is 4.74 Å². The number of nitrogens with zero attached hydrogens (tertiary/aromatic N) is 1. The summed E-state index contributed by atoms with van der Waals surface area (Å²) in [7, 11) is 0. The first-order valence-electron chi connectivity index (χ1n) is 5.58. The second-order valence-corrected chi connectivity index (χ2v) is 5.98. The summed E-state index contributed by atoms with van der Waals surface area (Å²) >= 11 is 20.8. The molecule has 0 aromatic heterocycles. The van der Waals surface area contributed by atoms with Gasteiger partial charge in [-0.2, -0.15) is 0 Å². The van der Waals surface area contributed by atoms with Gasteiger partial charge in [0.15, 0.2) is 0 Å². The zero-order valence-electron chi connectivity index (χ0n) is 10.3. The van der Waals surface area contributed by atoms with Gasteiger partial charge in [0.1, 0.15) is 5.75 Å². The molecule has 21 heavy (non-hydrogen) atoms. The van der Waals surface area contributed by atoms with E-state index < -0.39 is 4.92 Å². The molecule has 0 aliphatic heterocycles. The van der Waals surface area contributed by atoms with Crippen LogP contribution in [0, 0.1) is 10.1 Å². The summed E-state index contributed by atoms with van der Waals surface area (Å²) in [5, 5.41) is 11.3. The van der Waals surface area contributed by atoms with E-state index in [-0.39, 0.29) is 27.4 Å². The Balaban J connectivity index is 2.48. The molecule has 2 aromatic carbocycles. The molecule has 0 fully saturated rings. The van der Waals surface area contributed by atoms with Crippen molar-refractivity contribution in [2.75, 3.05) is 0 Å². The van der Waals surface area contributed by atoms with Gasteiger partial charge in [-0.3, -0.25) is 10.1 Å². The maximum absolute atomic E-state index is 11.1. The monoisotopic (exact) mass is 409 g/mol. The first kappa shape index (κ1) is 16.4. The van der Waals surface area contributed by atoms with E-state index in [9.17, 15) is 10.1 Å². The molecule has 0 bridgehead atoms. The van der Waals surface area contributed by atoms with Crippen LogP contribution in [0.4, 0.5) is 5.69 Å². The SMILES string of the molecule is O=[N+]([O-])c1cc(Cl)c(Cl)cc1Oc1ccc(Br)cc1CCl. The van der Waals surface area contributed by atoms with Crippen LogP contribution in [-0.4, -0.2) is 4.92 Å². The van der Waals surface area contributed by atoms with Crippen LogP contribution in [0.2, 0.25) is 10.0 Å². The van der Waals surface area contributed by atoms with Gasteiger partial charge in [-0.05, 0) is 18.2 Å². The summed E-state index contributed by atoms with van der Waals surface area (Å²) in [6, 6.07) is 7.63. The van der Waals surface area contributed by atoms with Crippen LogP contribution in [-0.2, 0) is 5.88 Å². The Kier molecular flexibility index (Phi) is 5.32. The molecule has 2 aromatic rings. The zero-order chi connectivity index (χ0) is 15.6. The van der Waals surface area contributed by atoms with Crippen LogP contribution in [0.5, 0.6) is 11.5 Å². The molecule has 8 heteroatoms. The van der Waals surface area contributed by atoms with Crippen molar-refractivity contribution in [3.63, 3.8) is 0 Å². The highest BCUT2D eigenvalue weighted by Crippen LogP contribution is 2.39. The maximum Gasteiger partial charge on any atom is 0.313 e. The predicted octanol–water partition coefficient (Wildman–Crippen LogP) is 6.20. The fraction of sp³-hybridized carbons (Fsp3) is 0.0769. The number of hydrogen-bond acceptors (Lipinski definition) is 3. The number of benzene rings is 2. The van der Waals surface area contributed by atoms with Crippen LogP contribution in [0.15, 0.2) is 34.8 Å². The van der Waals surface area contributed by atoms with Crippen LogP contribution < -0.4 is 4.74 Å². The van der Waals surface area contributed by atoms with Crippen LogP contribution in [0.3, 0.4) is 0 Å². The molecule has 0 N–H and O–H groups in total. The van der Waals surface area contributed by atoms with Crippen molar-refractivity contribution in [2.24, 2.45) is 0 Å². The Morgan fingerprint density at radius 2 is 1.81 bits per heavy atom. The number of halogens is 4. The third-order valence-corrected chi connectivity index (χ3v) is 4.09. The van der Waals surface area contributed by atoms with Gasteiger partial charge in [0.25, 0.3) is 0 Å². The Labute approximate surface area is 143 Å². The largest absolute Gasteiger partial charge is 0.450 e. The zero-order valence-corrected chi connectivity index (χ0v) is 14.1. The molecule has 4 nitrogen and oxygen atoms in total. The van der Waals surface area contributed by atoms with Gasteiger partial charge in [0.2, 0.25) is 5.75 Å². The molecule has 0 aliphatic rings. The lowest BCUT2D eigenvalue weighted by molar-refractivity contribution is -0.385. The number of alkyl halides is 1. The second-order valence-electron chi connectivity index (χ2n) is 3.98. The molecule has 2 rings (SSSR count). The normalized spacial score (nSPS) is 10.5. The Morgan fingerprint density at radius 1 is 1.14 bits per heavy atom. The summed E-state index contributed by atoms with van der Waals surface area (Å²) in [4.78, 5) is 10.5. The molecule has 110 valence electrons. The van der Waals surface area contributed by atoms with Crippen molar-refractivity contribution in [3.05, 3.63) is 60.5 Å². The number of rotatable bonds is 4. The third-order valence-electron chi connectivity index (χ3n) is 2.58. The molecule has 0 atom stereocenters. The minimum absolute atomic E-state index is 0.00286. The van der Waals surface area contributed by atoms with E-state index in [0.717, 1.165) is 10.5 Å². The van der Waals surface area contributed by atoms with E-state index in [2.05, 4.69) is 15.9 Å². The van der Waals surface area contributed by atoms with Crippen LogP contribution in [0.1, 0.15) is 5.56 Å². The molecule has 0 amide bonds. The van der Waals surface area contributed by atoms with Crippen molar-refractivity contribution in [1.82, 2.24) is 0 Å². The van der Waals surface area contributed by atoms with Crippen molar-refractivity contribution in [3.8, 4) is 11.5 Å². The van der Waals surface area contributed by atoms with Crippen LogP contribution in [0.25, 0.3) is 0 Å². The molecule has 0 spiro atoms. The van der Waals surface area contributed by atoms with E-state index in [1.807, 2.05) is 0 Å². The van der Waals surface area contributed by atoms with Gasteiger partial charge in [-0.1, -0.05) is 39.1 Å². The van der Waals surface area contributed by atoms with Gasteiger partial charge in [0, 0.05) is 22.2 Å². The number of nitro benzene ring substituents is 1. The van der Waals surface area contributed by atoms with Crippen molar-refractivity contribution >= 4 is 56.4 Å². The van der Waals surface area contributed by atoms with Gasteiger partial charge in [-0.25, -0.2) is 0 Å². The van der Waals surface area contributed by atoms with E-state index in [4.69, 9.17) is 39.5 Å². The summed E-state index contributed by atoms with van der Waals surface area (Å²) in [5.74, 6) is 0.613.